The van der Waals surface area contributed by atoms with Crippen LogP contribution in [0, 0.1) is 6.92 Å². The highest BCUT2D eigenvalue weighted by Gasteiger charge is 2.22. The van der Waals surface area contributed by atoms with Gasteiger partial charge in [-0.1, -0.05) is 48.0 Å². The van der Waals surface area contributed by atoms with Crippen LogP contribution in [0.5, 0.6) is 0 Å². The van der Waals surface area contributed by atoms with Gasteiger partial charge in [-0.3, -0.25) is 14.5 Å². The zero-order valence-corrected chi connectivity index (χ0v) is 17.5. The summed E-state index contributed by atoms with van der Waals surface area (Å²) in [6, 6.07) is 14.4. The largest absolute Gasteiger partial charge is 0.373 e. The summed E-state index contributed by atoms with van der Waals surface area (Å²) in [6.45, 7) is 9.50. The number of aryl methyl sites for hydroxylation is 1. The fourth-order valence-corrected chi connectivity index (χ4v) is 3.81. The Morgan fingerprint density at radius 2 is 1.62 bits per heavy atom. The Morgan fingerprint density at radius 1 is 1.00 bits per heavy atom. The first-order valence-corrected chi connectivity index (χ1v) is 10.3. The average molecular weight is 395 g/mol. The molecule has 1 N–H and O–H groups in total. The Balaban J connectivity index is 1.57. The molecule has 2 unspecified atom stereocenters. The van der Waals surface area contributed by atoms with E-state index in [4.69, 9.17) is 4.74 Å². The van der Waals surface area contributed by atoms with Gasteiger partial charge in [0.25, 0.3) is 5.91 Å². The fraction of sp³-hybridized carbons (Fsp3) is 0.417. The number of hydrogen-bond donors (Lipinski definition) is 1. The van der Waals surface area contributed by atoms with Crippen molar-refractivity contribution in [2.75, 3.05) is 26.2 Å². The van der Waals surface area contributed by atoms with Crippen LogP contribution in [0.15, 0.2) is 48.5 Å². The van der Waals surface area contributed by atoms with Gasteiger partial charge in [-0.25, -0.2) is 0 Å². The first-order chi connectivity index (χ1) is 13.9. The molecule has 1 aliphatic rings. The predicted molar refractivity (Wildman–Crippen MR) is 114 cm³/mol. The second-order valence-corrected chi connectivity index (χ2v) is 7.87. The highest BCUT2D eigenvalue weighted by atomic mass is 16.5. The third kappa shape index (κ3) is 5.75. The second kappa shape index (κ2) is 9.81. The summed E-state index contributed by atoms with van der Waals surface area (Å²) in [5.41, 5.74) is 2.54. The van der Waals surface area contributed by atoms with Crippen LogP contribution in [0.1, 0.15) is 52.1 Å². The van der Waals surface area contributed by atoms with Gasteiger partial charge in [-0.2, -0.15) is 0 Å². The van der Waals surface area contributed by atoms with Crippen LogP contribution in [-0.2, 0) is 4.74 Å². The van der Waals surface area contributed by atoms with E-state index < -0.39 is 0 Å². The molecule has 29 heavy (non-hydrogen) atoms. The number of amides is 1. The van der Waals surface area contributed by atoms with Gasteiger partial charge in [0.05, 0.1) is 17.8 Å². The molecule has 1 amide bonds. The monoisotopic (exact) mass is 394 g/mol. The third-order valence-electron chi connectivity index (χ3n) is 5.16. The molecule has 2 aromatic rings. The van der Waals surface area contributed by atoms with Gasteiger partial charge in [-0.05, 0) is 33.3 Å². The number of carbonyl (C=O) groups is 2. The quantitative estimate of drug-likeness (QED) is 0.577. The predicted octanol–water partition coefficient (Wildman–Crippen LogP) is 3.46. The standard InChI is InChI=1S/C24H30N2O3/c1-17-9-11-20(12-10-17)23(27)21-7-4-5-8-22(21)24(28)25-13-6-14-26-15-18(2)29-19(3)16-26/h4-5,7-12,18-19H,6,13-16H2,1-3H3,(H,25,28). The second-order valence-electron chi connectivity index (χ2n) is 7.87. The maximum Gasteiger partial charge on any atom is 0.252 e. The van der Waals surface area contributed by atoms with Gasteiger partial charge in [0.15, 0.2) is 5.78 Å². The van der Waals surface area contributed by atoms with Crippen molar-refractivity contribution in [2.45, 2.75) is 39.4 Å². The minimum atomic E-state index is -0.204. The number of nitrogens with one attached hydrogen (secondary N) is 1. The number of nitrogens with zero attached hydrogens (tertiary/aromatic N) is 1. The molecule has 0 aromatic heterocycles. The average Bonchev–Trinajstić information content (AvgIpc) is 2.70. The van der Waals surface area contributed by atoms with E-state index in [0.29, 0.717) is 23.2 Å². The lowest BCUT2D eigenvalue weighted by Crippen LogP contribution is -2.46. The summed E-state index contributed by atoms with van der Waals surface area (Å²) in [6.07, 6.45) is 1.35. The van der Waals surface area contributed by atoms with Gasteiger partial charge in [-0.15, -0.1) is 0 Å². The van der Waals surface area contributed by atoms with E-state index in [9.17, 15) is 9.59 Å². The topological polar surface area (TPSA) is 58.6 Å². The SMILES string of the molecule is Cc1ccc(C(=O)c2ccccc2C(=O)NCCCN2CC(C)OC(C)C2)cc1. The summed E-state index contributed by atoms with van der Waals surface area (Å²) in [5.74, 6) is -0.336. The molecule has 2 aromatic carbocycles. The summed E-state index contributed by atoms with van der Waals surface area (Å²) < 4.78 is 5.75. The van der Waals surface area contributed by atoms with Crippen LogP contribution >= 0.6 is 0 Å². The normalized spacial score (nSPS) is 19.7. The maximum absolute atomic E-state index is 12.9. The third-order valence-corrected chi connectivity index (χ3v) is 5.16. The van der Waals surface area contributed by atoms with E-state index in [0.717, 1.165) is 31.6 Å². The lowest BCUT2D eigenvalue weighted by atomic mass is 9.97. The molecule has 1 aliphatic heterocycles. The van der Waals surface area contributed by atoms with Crippen LogP contribution in [0.2, 0.25) is 0 Å². The molecule has 5 nitrogen and oxygen atoms in total. The molecule has 0 spiro atoms. The smallest absolute Gasteiger partial charge is 0.252 e. The summed E-state index contributed by atoms with van der Waals surface area (Å²) in [5, 5.41) is 2.97. The Hall–Kier alpha value is -2.50. The molecule has 154 valence electrons. The zero-order valence-electron chi connectivity index (χ0n) is 17.5. The first-order valence-electron chi connectivity index (χ1n) is 10.3. The Labute approximate surface area is 173 Å². The van der Waals surface area contributed by atoms with Crippen molar-refractivity contribution < 1.29 is 14.3 Å². The highest BCUT2D eigenvalue weighted by Crippen LogP contribution is 2.16. The summed E-state index contributed by atoms with van der Waals surface area (Å²) in [7, 11) is 0. The number of rotatable bonds is 7. The van der Waals surface area contributed by atoms with Crippen LogP contribution in [-0.4, -0.2) is 55.0 Å². The molecule has 1 fully saturated rings. The van der Waals surface area contributed by atoms with E-state index in [1.807, 2.05) is 19.1 Å². The van der Waals surface area contributed by atoms with Crippen molar-refractivity contribution in [3.63, 3.8) is 0 Å². The molecule has 5 heteroatoms. The number of ether oxygens (including phenoxy) is 1. The molecule has 1 heterocycles. The van der Waals surface area contributed by atoms with Crippen molar-refractivity contribution in [1.82, 2.24) is 10.2 Å². The van der Waals surface area contributed by atoms with E-state index in [-0.39, 0.29) is 23.9 Å². The molecule has 0 aliphatic carbocycles. The molecular weight excluding hydrogens is 364 g/mol. The van der Waals surface area contributed by atoms with Crippen molar-refractivity contribution in [3.8, 4) is 0 Å². The van der Waals surface area contributed by atoms with E-state index >= 15 is 0 Å². The Bertz CT molecular complexity index is 837. The molecule has 2 atom stereocenters. The summed E-state index contributed by atoms with van der Waals surface area (Å²) >= 11 is 0. The lowest BCUT2D eigenvalue weighted by Gasteiger charge is -2.35. The summed E-state index contributed by atoms with van der Waals surface area (Å²) in [4.78, 5) is 28.0. The minimum Gasteiger partial charge on any atom is -0.373 e. The van der Waals surface area contributed by atoms with E-state index in [2.05, 4.69) is 24.1 Å². The molecule has 0 bridgehead atoms. The van der Waals surface area contributed by atoms with E-state index in [1.54, 1.807) is 36.4 Å². The number of carbonyl (C=O) groups excluding carboxylic acids is 2. The number of benzene rings is 2. The molecule has 3 rings (SSSR count). The lowest BCUT2D eigenvalue weighted by molar-refractivity contribution is -0.0680. The number of hydrogen-bond acceptors (Lipinski definition) is 4. The van der Waals surface area contributed by atoms with Gasteiger partial charge >= 0.3 is 0 Å². The van der Waals surface area contributed by atoms with Crippen LogP contribution in [0.25, 0.3) is 0 Å². The fourth-order valence-electron chi connectivity index (χ4n) is 3.81. The van der Waals surface area contributed by atoms with Crippen LogP contribution in [0.4, 0.5) is 0 Å². The number of morpholine rings is 1. The van der Waals surface area contributed by atoms with Crippen LogP contribution in [0.3, 0.4) is 0 Å². The Kier molecular flexibility index (Phi) is 7.18. The van der Waals surface area contributed by atoms with Gasteiger partial charge < -0.3 is 10.1 Å². The van der Waals surface area contributed by atoms with Crippen molar-refractivity contribution in [2.24, 2.45) is 0 Å². The van der Waals surface area contributed by atoms with E-state index in [1.165, 1.54) is 0 Å². The highest BCUT2D eigenvalue weighted by molar-refractivity contribution is 6.15. The molecule has 0 saturated carbocycles. The van der Waals surface area contributed by atoms with Gasteiger partial charge in [0, 0.05) is 37.3 Å². The first kappa shape index (κ1) is 21.2. The molecule has 1 saturated heterocycles. The number of ketones is 1. The van der Waals surface area contributed by atoms with Crippen molar-refractivity contribution in [3.05, 3.63) is 70.8 Å². The minimum absolute atomic E-state index is 0.132. The maximum atomic E-state index is 12.9. The van der Waals surface area contributed by atoms with Gasteiger partial charge in [0.2, 0.25) is 0 Å². The Morgan fingerprint density at radius 3 is 2.28 bits per heavy atom. The molecular formula is C24H30N2O3. The van der Waals surface area contributed by atoms with Crippen molar-refractivity contribution in [1.29, 1.82) is 0 Å². The zero-order chi connectivity index (χ0) is 20.8. The van der Waals surface area contributed by atoms with Crippen LogP contribution < -0.4 is 5.32 Å². The molecule has 0 radical (unpaired) electrons. The van der Waals surface area contributed by atoms with Gasteiger partial charge in [0.1, 0.15) is 0 Å². The van der Waals surface area contributed by atoms with Crippen molar-refractivity contribution >= 4 is 11.7 Å².